The van der Waals surface area contributed by atoms with E-state index < -0.39 is 81.7 Å². The predicted molar refractivity (Wildman–Crippen MR) is 197 cm³/mol. The van der Waals surface area contributed by atoms with Crippen LogP contribution in [-0.4, -0.2) is 128 Å². The minimum Gasteiger partial charge on any atom is -0.459 e. The summed E-state index contributed by atoms with van der Waals surface area (Å²) in [5.41, 5.74) is -0.0832. The van der Waals surface area contributed by atoms with Crippen LogP contribution in [-0.2, 0) is 47.1 Å². The van der Waals surface area contributed by atoms with Gasteiger partial charge < -0.3 is 52.2 Å². The molecule has 0 aliphatic carbocycles. The third-order valence-electron chi connectivity index (χ3n) is 10.4. The van der Waals surface area contributed by atoms with Gasteiger partial charge in [0, 0.05) is 28.4 Å². The molecule has 3 aromatic carbocycles. The third-order valence-corrected chi connectivity index (χ3v) is 15.4. The summed E-state index contributed by atoms with van der Waals surface area (Å²) >= 11 is 0. The number of hydrogen-bond donors (Lipinski definition) is 1. The van der Waals surface area contributed by atoms with Crippen molar-refractivity contribution in [2.45, 2.75) is 87.2 Å². The average Bonchev–Trinajstić information content (AvgIpc) is 3.19. The topological polar surface area (TPSA) is 147 Å². The molecule has 3 heterocycles. The first-order valence-electron chi connectivity index (χ1n) is 18.0. The number of aliphatic hydroxyl groups excluding tert-OH is 1. The Balaban J connectivity index is 1.41. The summed E-state index contributed by atoms with van der Waals surface area (Å²) in [7, 11) is 2.75. The van der Waals surface area contributed by atoms with Crippen molar-refractivity contribution >= 4 is 30.6 Å². The molecule has 3 aliphatic heterocycles. The summed E-state index contributed by atoms with van der Waals surface area (Å²) in [6.07, 6.45) is -10.9. The maximum Gasteiger partial charge on any atom is 0.339 e. The summed E-state index contributed by atoms with van der Waals surface area (Å²) in [4.78, 5) is 27.3. The molecule has 0 saturated carbocycles. The average molecular weight is 767 g/mol. The van der Waals surface area contributed by atoms with Gasteiger partial charge in [0.1, 0.15) is 49.3 Å². The Bertz CT molecular complexity index is 1660. The second-order valence-electron chi connectivity index (χ2n) is 14.5. The zero-order valence-corrected chi connectivity index (χ0v) is 32.6. The molecule has 0 aromatic heterocycles. The molecule has 2 bridgehead atoms. The molecule has 292 valence electrons. The van der Waals surface area contributed by atoms with Gasteiger partial charge in [-0.1, -0.05) is 93.6 Å². The van der Waals surface area contributed by atoms with E-state index in [1.54, 1.807) is 12.1 Å². The van der Waals surface area contributed by atoms with Crippen molar-refractivity contribution in [3.05, 3.63) is 96.1 Å². The fraction of sp³-hybridized carbons (Fsp3) is 0.500. The van der Waals surface area contributed by atoms with Crippen LogP contribution >= 0.6 is 0 Å². The number of rotatable bonds is 9. The number of hydrogen-bond acceptors (Lipinski definition) is 13. The summed E-state index contributed by atoms with van der Waals surface area (Å²) in [6.45, 7) is 6.10. The maximum absolute atomic E-state index is 13.9. The quantitative estimate of drug-likeness (QED) is 0.252. The van der Waals surface area contributed by atoms with Crippen molar-refractivity contribution in [2.24, 2.45) is 0 Å². The zero-order valence-electron chi connectivity index (χ0n) is 31.6. The van der Waals surface area contributed by atoms with Gasteiger partial charge in [-0.3, -0.25) is 0 Å². The first-order chi connectivity index (χ1) is 26.0. The molecule has 1 N–H and O–H groups in total. The number of benzene rings is 3. The van der Waals surface area contributed by atoms with Crippen LogP contribution in [0.1, 0.15) is 41.5 Å². The molecular weight excluding hydrogens is 717 g/mol. The van der Waals surface area contributed by atoms with E-state index in [1.807, 2.05) is 36.4 Å². The standard InChI is InChI=1S/C40H50O13Si/c1-40(2,3)54(24-16-10-8-11-17-24,25-18-12-9-13-19-25)49-23-28-30(41)32-35(38(47-7)50-28)52-37(43)27-21-15-14-20-26(27)36(42)48-22-29-31(44-4)33(45-5)34(46-6)39(51-29)53-32/h8-21,28-35,38-39,41H,22-23H2,1-7H3/t28-,29-,30-,31-,32+,33+,34+,35-,38+,39-/m1/s1. The minimum absolute atomic E-state index is 0.0265. The van der Waals surface area contributed by atoms with Crippen LogP contribution in [0.2, 0.25) is 5.04 Å². The molecule has 13 nitrogen and oxygen atoms in total. The van der Waals surface area contributed by atoms with Gasteiger partial charge in [-0.25, -0.2) is 9.59 Å². The SMILES string of the molecule is CO[C@H]1O[C@H](CO[Si](c2ccccc2)(c2ccccc2)C(C)(C)C)[C@@H](O)[C@@H]2O[C@H]3O[C@H](COC(=O)c4ccccc4C(=O)O[C@@H]12)[C@@H](OC)[C@H](OC)[C@@H]3OC. The summed E-state index contributed by atoms with van der Waals surface area (Å²) in [5, 5.41) is 14.0. The van der Waals surface area contributed by atoms with Crippen molar-refractivity contribution in [1.29, 1.82) is 0 Å². The predicted octanol–water partition coefficient (Wildman–Crippen LogP) is 2.85. The Hall–Kier alpha value is -3.54. The number of fused-ring (bicyclic) bond motifs is 4. The Morgan fingerprint density at radius 1 is 0.685 bits per heavy atom. The van der Waals surface area contributed by atoms with Crippen LogP contribution in [0.25, 0.3) is 0 Å². The van der Waals surface area contributed by atoms with E-state index in [9.17, 15) is 14.7 Å². The molecule has 0 spiro atoms. The Morgan fingerprint density at radius 3 is 1.78 bits per heavy atom. The monoisotopic (exact) mass is 766 g/mol. The number of esters is 2. The van der Waals surface area contributed by atoms with Gasteiger partial charge in [0.05, 0.1) is 17.7 Å². The number of methoxy groups -OCH3 is 4. The van der Waals surface area contributed by atoms with Gasteiger partial charge in [-0.05, 0) is 27.5 Å². The van der Waals surface area contributed by atoms with Crippen LogP contribution in [0.4, 0.5) is 0 Å². The van der Waals surface area contributed by atoms with Crippen molar-refractivity contribution in [2.75, 3.05) is 41.7 Å². The Kier molecular flexibility index (Phi) is 12.7. The van der Waals surface area contributed by atoms with Crippen LogP contribution < -0.4 is 10.4 Å². The van der Waals surface area contributed by atoms with Crippen molar-refractivity contribution in [3.8, 4) is 0 Å². The van der Waals surface area contributed by atoms with Gasteiger partial charge in [0.25, 0.3) is 8.32 Å². The third kappa shape index (κ3) is 7.65. The molecule has 54 heavy (non-hydrogen) atoms. The lowest BCUT2D eigenvalue weighted by molar-refractivity contribution is -0.361. The summed E-state index contributed by atoms with van der Waals surface area (Å²) in [6, 6.07) is 26.3. The van der Waals surface area contributed by atoms with Gasteiger partial charge in [0.15, 0.2) is 18.7 Å². The molecule has 10 atom stereocenters. The van der Waals surface area contributed by atoms with E-state index >= 15 is 0 Å². The van der Waals surface area contributed by atoms with E-state index in [2.05, 4.69) is 45.0 Å². The van der Waals surface area contributed by atoms with Crippen molar-refractivity contribution < 1.29 is 61.8 Å². The van der Waals surface area contributed by atoms with Crippen LogP contribution in [0.5, 0.6) is 0 Å². The van der Waals surface area contributed by atoms with Gasteiger partial charge in [0.2, 0.25) is 0 Å². The van der Waals surface area contributed by atoms with E-state index in [0.29, 0.717) is 0 Å². The maximum atomic E-state index is 13.9. The molecule has 14 heteroatoms. The van der Waals surface area contributed by atoms with E-state index in [4.69, 9.17) is 47.1 Å². The van der Waals surface area contributed by atoms with E-state index in [1.165, 1.54) is 40.6 Å². The molecule has 2 fully saturated rings. The summed E-state index contributed by atoms with van der Waals surface area (Å²) < 4.78 is 61.5. The zero-order chi connectivity index (χ0) is 38.6. The summed E-state index contributed by atoms with van der Waals surface area (Å²) in [5.74, 6) is -1.65. The lowest BCUT2D eigenvalue weighted by Gasteiger charge is -2.49. The largest absolute Gasteiger partial charge is 0.459 e. The van der Waals surface area contributed by atoms with Crippen LogP contribution in [0, 0.1) is 0 Å². The molecule has 0 amide bonds. The highest BCUT2D eigenvalue weighted by Gasteiger charge is 2.56. The lowest BCUT2D eigenvalue weighted by Crippen LogP contribution is -2.69. The fourth-order valence-electron chi connectivity index (χ4n) is 7.81. The lowest BCUT2D eigenvalue weighted by atomic mass is 9.96. The highest BCUT2D eigenvalue weighted by atomic mass is 28.4. The fourth-order valence-corrected chi connectivity index (χ4v) is 12.4. The van der Waals surface area contributed by atoms with E-state index in [0.717, 1.165) is 10.4 Å². The molecule has 3 aliphatic rings. The highest BCUT2D eigenvalue weighted by Crippen LogP contribution is 2.39. The van der Waals surface area contributed by atoms with Crippen molar-refractivity contribution in [1.82, 2.24) is 0 Å². The van der Waals surface area contributed by atoms with E-state index in [-0.39, 0.29) is 29.4 Å². The normalized spacial score (nSPS) is 30.7. The second-order valence-corrected chi connectivity index (χ2v) is 18.8. The first kappa shape index (κ1) is 40.1. The minimum atomic E-state index is -3.09. The van der Waals surface area contributed by atoms with Gasteiger partial charge >= 0.3 is 11.9 Å². The Morgan fingerprint density at radius 2 is 1.24 bits per heavy atom. The molecule has 3 aromatic rings. The number of cyclic esters (lactones) is 1. The van der Waals surface area contributed by atoms with Crippen LogP contribution in [0.15, 0.2) is 84.9 Å². The second kappa shape index (κ2) is 17.1. The van der Waals surface area contributed by atoms with Gasteiger partial charge in [-0.15, -0.1) is 0 Å². The number of carbonyl (C=O) groups is 2. The molecule has 6 rings (SSSR count). The highest BCUT2D eigenvalue weighted by molar-refractivity contribution is 6.99. The smallest absolute Gasteiger partial charge is 0.339 e. The number of aliphatic hydroxyl groups is 1. The number of carbonyl (C=O) groups excluding carboxylic acids is 2. The molecular formula is C40H50O13Si. The first-order valence-corrected chi connectivity index (χ1v) is 19.9. The van der Waals surface area contributed by atoms with Crippen molar-refractivity contribution in [3.63, 3.8) is 0 Å². The Labute approximate surface area is 316 Å². The molecule has 2 saturated heterocycles. The molecule has 0 radical (unpaired) electrons. The van der Waals surface area contributed by atoms with Gasteiger partial charge in [-0.2, -0.15) is 0 Å². The van der Waals surface area contributed by atoms with Crippen LogP contribution in [0.3, 0.4) is 0 Å². The molecule has 0 unspecified atom stereocenters. The number of ether oxygens (including phenoxy) is 9.